The zero-order chi connectivity index (χ0) is 10.4. The smallest absolute Gasteiger partial charge is 0.222 e. The fraction of sp³-hybridized carbons (Fsp3) is 0.667. The number of aromatic nitrogens is 3. The summed E-state index contributed by atoms with van der Waals surface area (Å²) in [6, 6.07) is 0.152. The largest absolute Gasteiger partial charge is 0.354 e. The topological polar surface area (TPSA) is 62.7 Å². The van der Waals surface area contributed by atoms with E-state index in [0.29, 0.717) is 23.7 Å². The molecule has 1 aromatic heterocycles. The van der Waals surface area contributed by atoms with Crippen LogP contribution in [0.25, 0.3) is 0 Å². The predicted octanol–water partition coefficient (Wildman–Crippen LogP) is 0.879. The first-order valence-electron chi connectivity index (χ1n) is 5.19. The van der Waals surface area contributed by atoms with Crippen LogP contribution in [0.4, 0.5) is 0 Å². The second kappa shape index (κ2) is 3.16. The van der Waals surface area contributed by atoms with Gasteiger partial charge >= 0.3 is 0 Å². The highest BCUT2D eigenvalue weighted by atomic mass is 32.1. The molecule has 0 spiro atoms. The van der Waals surface area contributed by atoms with Gasteiger partial charge in [-0.25, -0.2) is 0 Å². The summed E-state index contributed by atoms with van der Waals surface area (Å²) >= 11 is 5.20. The van der Waals surface area contributed by atoms with Gasteiger partial charge in [-0.2, -0.15) is 5.10 Å². The van der Waals surface area contributed by atoms with E-state index in [1.165, 1.54) is 12.8 Å². The highest BCUT2D eigenvalue weighted by Crippen LogP contribution is 2.40. The van der Waals surface area contributed by atoms with Crippen LogP contribution in [0.3, 0.4) is 0 Å². The lowest BCUT2D eigenvalue weighted by Crippen LogP contribution is -2.16. The third kappa shape index (κ3) is 1.49. The van der Waals surface area contributed by atoms with Crippen LogP contribution in [0.2, 0.25) is 0 Å². The molecule has 1 amide bonds. The first-order valence-corrected chi connectivity index (χ1v) is 5.60. The van der Waals surface area contributed by atoms with Crippen molar-refractivity contribution in [2.45, 2.75) is 31.2 Å². The minimum absolute atomic E-state index is 0.102. The summed E-state index contributed by atoms with van der Waals surface area (Å²) in [6.45, 7) is 0.673. The molecule has 1 aliphatic heterocycles. The number of rotatable bonds is 2. The molecular formula is C9H12N4OS. The van der Waals surface area contributed by atoms with Crippen LogP contribution >= 0.6 is 12.2 Å². The van der Waals surface area contributed by atoms with E-state index < -0.39 is 0 Å². The molecule has 3 rings (SSSR count). The van der Waals surface area contributed by atoms with Crippen molar-refractivity contribution in [1.29, 1.82) is 0 Å². The number of hydrogen-bond donors (Lipinski definition) is 2. The number of hydrogen-bond acceptors (Lipinski definition) is 3. The molecule has 1 saturated carbocycles. The number of aromatic amines is 1. The quantitative estimate of drug-likeness (QED) is 0.733. The van der Waals surface area contributed by atoms with E-state index in [1.807, 2.05) is 4.57 Å². The lowest BCUT2D eigenvalue weighted by Gasteiger charge is -2.11. The number of carbonyl (C=O) groups excluding carboxylic acids is 1. The summed E-state index contributed by atoms with van der Waals surface area (Å²) in [6.07, 6.45) is 2.90. The molecular weight excluding hydrogens is 212 g/mol. The van der Waals surface area contributed by atoms with Gasteiger partial charge in [-0.15, -0.1) is 0 Å². The van der Waals surface area contributed by atoms with E-state index in [4.69, 9.17) is 12.2 Å². The molecule has 2 fully saturated rings. The van der Waals surface area contributed by atoms with Gasteiger partial charge in [-0.1, -0.05) is 0 Å². The first kappa shape index (κ1) is 9.08. The van der Waals surface area contributed by atoms with Crippen LogP contribution in [0.5, 0.6) is 0 Å². The van der Waals surface area contributed by atoms with Crippen LogP contribution < -0.4 is 5.32 Å². The number of H-pyrrole nitrogens is 1. The Balaban J connectivity index is 1.98. The van der Waals surface area contributed by atoms with E-state index in [-0.39, 0.29) is 11.9 Å². The average Bonchev–Trinajstić information content (AvgIpc) is 2.86. The van der Waals surface area contributed by atoms with Gasteiger partial charge in [0.15, 0.2) is 4.77 Å². The maximum Gasteiger partial charge on any atom is 0.222 e. The molecule has 0 aromatic carbocycles. The number of amides is 1. The molecule has 5 nitrogen and oxygen atoms in total. The normalized spacial score (nSPS) is 25.6. The average molecular weight is 224 g/mol. The van der Waals surface area contributed by atoms with Gasteiger partial charge in [0.05, 0.1) is 6.04 Å². The van der Waals surface area contributed by atoms with E-state index in [2.05, 4.69) is 15.5 Å². The zero-order valence-electron chi connectivity index (χ0n) is 8.19. The molecule has 1 atom stereocenters. The van der Waals surface area contributed by atoms with Gasteiger partial charge in [0.2, 0.25) is 5.91 Å². The molecule has 1 saturated heterocycles. The van der Waals surface area contributed by atoms with Gasteiger partial charge in [0.25, 0.3) is 0 Å². The third-order valence-corrected chi connectivity index (χ3v) is 3.28. The van der Waals surface area contributed by atoms with Crippen molar-refractivity contribution >= 4 is 18.1 Å². The highest BCUT2D eigenvalue weighted by Gasteiger charge is 2.33. The van der Waals surface area contributed by atoms with E-state index in [1.54, 1.807) is 0 Å². The van der Waals surface area contributed by atoms with Crippen molar-refractivity contribution < 1.29 is 4.79 Å². The van der Waals surface area contributed by atoms with E-state index in [0.717, 1.165) is 5.82 Å². The number of nitrogens with zero attached hydrogens (tertiary/aromatic N) is 2. The second-order valence-electron chi connectivity index (χ2n) is 4.19. The van der Waals surface area contributed by atoms with Crippen LogP contribution in [-0.2, 0) is 4.79 Å². The lowest BCUT2D eigenvalue weighted by atomic mass is 10.2. The van der Waals surface area contributed by atoms with Crippen molar-refractivity contribution in [1.82, 2.24) is 20.1 Å². The molecule has 1 aliphatic carbocycles. The van der Waals surface area contributed by atoms with Crippen molar-refractivity contribution in [3.63, 3.8) is 0 Å². The Labute approximate surface area is 91.9 Å². The highest BCUT2D eigenvalue weighted by molar-refractivity contribution is 7.71. The van der Waals surface area contributed by atoms with Crippen molar-refractivity contribution in [3.8, 4) is 0 Å². The number of nitrogens with one attached hydrogen (secondary N) is 2. The first-order chi connectivity index (χ1) is 7.25. The zero-order valence-corrected chi connectivity index (χ0v) is 9.01. The van der Waals surface area contributed by atoms with Crippen LogP contribution in [0, 0.1) is 4.77 Å². The van der Waals surface area contributed by atoms with Gasteiger partial charge in [-0.3, -0.25) is 14.5 Å². The second-order valence-corrected chi connectivity index (χ2v) is 4.58. The Morgan fingerprint density at radius 2 is 2.27 bits per heavy atom. The van der Waals surface area contributed by atoms with Crippen molar-refractivity contribution in [2.24, 2.45) is 0 Å². The fourth-order valence-corrected chi connectivity index (χ4v) is 2.36. The molecule has 0 radical (unpaired) electrons. The maximum atomic E-state index is 11.2. The Hall–Kier alpha value is -1.17. The molecule has 2 aliphatic rings. The molecule has 80 valence electrons. The molecule has 15 heavy (non-hydrogen) atoms. The van der Waals surface area contributed by atoms with Crippen LogP contribution in [-0.4, -0.2) is 27.2 Å². The predicted molar refractivity (Wildman–Crippen MR) is 56.1 cm³/mol. The summed E-state index contributed by atoms with van der Waals surface area (Å²) in [5, 5.41) is 9.90. The molecule has 0 bridgehead atoms. The molecule has 1 aromatic rings. The summed E-state index contributed by atoms with van der Waals surface area (Å²) in [5.41, 5.74) is 0. The standard InChI is InChI=1S/C9H12N4OS/c14-7-3-6(4-10-7)13-8(5-1-2-5)11-12-9(13)15/h5-6H,1-4H2,(H,10,14)(H,12,15). The minimum Gasteiger partial charge on any atom is -0.354 e. The van der Waals surface area contributed by atoms with E-state index >= 15 is 0 Å². The third-order valence-electron chi connectivity index (χ3n) is 3.00. The molecule has 1 unspecified atom stereocenters. The SMILES string of the molecule is O=C1CC(n2c(C3CC3)n[nH]c2=S)CN1. The maximum absolute atomic E-state index is 11.2. The fourth-order valence-electron chi connectivity index (χ4n) is 2.07. The van der Waals surface area contributed by atoms with Gasteiger partial charge in [-0.05, 0) is 25.1 Å². The minimum atomic E-state index is 0.102. The Bertz CT molecular complexity index is 459. The van der Waals surface area contributed by atoms with Gasteiger partial charge in [0, 0.05) is 18.9 Å². The number of carbonyl (C=O) groups is 1. The molecule has 6 heteroatoms. The Morgan fingerprint density at radius 1 is 1.47 bits per heavy atom. The Morgan fingerprint density at radius 3 is 2.87 bits per heavy atom. The van der Waals surface area contributed by atoms with Crippen LogP contribution in [0.15, 0.2) is 0 Å². The van der Waals surface area contributed by atoms with Gasteiger partial charge < -0.3 is 5.32 Å². The van der Waals surface area contributed by atoms with Crippen molar-refractivity contribution in [3.05, 3.63) is 10.6 Å². The lowest BCUT2D eigenvalue weighted by molar-refractivity contribution is -0.119. The summed E-state index contributed by atoms with van der Waals surface area (Å²) in [5.74, 6) is 1.68. The molecule has 2 N–H and O–H groups in total. The summed E-state index contributed by atoms with van der Waals surface area (Å²) in [4.78, 5) is 11.2. The van der Waals surface area contributed by atoms with Crippen molar-refractivity contribution in [2.75, 3.05) is 6.54 Å². The summed E-state index contributed by atoms with van der Waals surface area (Å²) < 4.78 is 2.66. The van der Waals surface area contributed by atoms with E-state index in [9.17, 15) is 4.79 Å². The van der Waals surface area contributed by atoms with Crippen LogP contribution in [0.1, 0.15) is 37.0 Å². The molecule has 2 heterocycles. The van der Waals surface area contributed by atoms with Gasteiger partial charge in [0.1, 0.15) is 5.82 Å². The summed E-state index contributed by atoms with van der Waals surface area (Å²) in [7, 11) is 0. The Kier molecular flexibility index (Phi) is 1.92. The monoisotopic (exact) mass is 224 g/mol.